The summed E-state index contributed by atoms with van der Waals surface area (Å²) in [6.07, 6.45) is 1.63. The summed E-state index contributed by atoms with van der Waals surface area (Å²) in [6, 6.07) is 4.88. The van der Waals surface area contributed by atoms with Gasteiger partial charge in [-0.15, -0.1) is 15.6 Å². The molecule has 0 spiro atoms. The van der Waals surface area contributed by atoms with Crippen molar-refractivity contribution in [2.75, 3.05) is 4.31 Å². The largest absolute Gasteiger partial charge is 0.453 e. The molecule has 0 N–H and O–H groups in total. The van der Waals surface area contributed by atoms with Gasteiger partial charge in [-0.1, -0.05) is 23.2 Å². The molecule has 0 saturated carbocycles. The van der Waals surface area contributed by atoms with Crippen LogP contribution >= 0.6 is 34.5 Å². The normalized spacial score (nSPS) is 11.9. The Morgan fingerprint density at radius 3 is 2.50 bits per heavy atom. The van der Waals surface area contributed by atoms with E-state index in [0.29, 0.717) is 11.3 Å². The number of carbonyl (C=O) groups is 1. The number of amides is 1. The van der Waals surface area contributed by atoms with Gasteiger partial charge in [-0.3, -0.25) is 4.68 Å². The number of benzene rings is 1. The number of pyridine rings is 1. The van der Waals surface area contributed by atoms with Crippen LogP contribution in [0.3, 0.4) is 0 Å². The topological polar surface area (TPSA) is 117 Å². The average Bonchev–Trinajstić information content (AvgIpc) is 3.47. The summed E-state index contributed by atoms with van der Waals surface area (Å²) in [5, 5.41) is 5.35. The Hall–Kier alpha value is -3.26. The molecule has 0 unspecified atom stereocenters. The van der Waals surface area contributed by atoms with Crippen LogP contribution in [0.2, 0.25) is 10.2 Å². The van der Waals surface area contributed by atoms with Crippen LogP contribution in [0.25, 0.3) is 11.3 Å². The predicted molar refractivity (Wildman–Crippen MR) is 141 cm³/mol. The molecule has 15 heteroatoms. The van der Waals surface area contributed by atoms with Crippen LogP contribution in [0.15, 0.2) is 52.4 Å². The number of nitrogens with zero attached hydrogens (tertiary/aromatic N) is 5. The number of aromatic nitrogens is 4. The zero-order valence-corrected chi connectivity index (χ0v) is 23.5. The number of hydrogen-bond acceptors (Lipinski definition) is 9. The van der Waals surface area contributed by atoms with E-state index in [2.05, 4.69) is 15.1 Å². The first-order chi connectivity index (χ1) is 17.8. The average molecular weight is 600 g/mol. The Morgan fingerprint density at radius 2 is 1.89 bits per heavy atom. The highest BCUT2D eigenvalue weighted by Crippen LogP contribution is 2.39. The van der Waals surface area contributed by atoms with Gasteiger partial charge in [0.1, 0.15) is 27.2 Å². The van der Waals surface area contributed by atoms with Crippen LogP contribution in [0.5, 0.6) is 11.5 Å². The van der Waals surface area contributed by atoms with Crippen LogP contribution < -0.4 is 9.04 Å². The number of anilines is 1. The van der Waals surface area contributed by atoms with Crippen molar-refractivity contribution in [2.24, 2.45) is 7.05 Å². The van der Waals surface area contributed by atoms with E-state index < -0.39 is 32.4 Å². The van der Waals surface area contributed by atoms with E-state index in [1.54, 1.807) is 44.8 Å². The maximum absolute atomic E-state index is 15.4. The lowest BCUT2D eigenvalue weighted by molar-refractivity contribution is 0.0608. The molecule has 0 aliphatic carbocycles. The third-order valence-corrected chi connectivity index (χ3v) is 7.60. The minimum Gasteiger partial charge on any atom is -0.453 e. The van der Waals surface area contributed by atoms with Crippen molar-refractivity contribution in [3.8, 4) is 22.8 Å². The van der Waals surface area contributed by atoms with E-state index in [0.717, 1.165) is 23.5 Å². The van der Waals surface area contributed by atoms with Gasteiger partial charge < -0.3 is 9.47 Å². The zero-order chi connectivity index (χ0) is 27.8. The highest BCUT2D eigenvalue weighted by Gasteiger charge is 2.38. The van der Waals surface area contributed by atoms with Crippen molar-refractivity contribution in [2.45, 2.75) is 31.3 Å². The van der Waals surface area contributed by atoms with Gasteiger partial charge in [0, 0.05) is 30.3 Å². The van der Waals surface area contributed by atoms with Gasteiger partial charge in [-0.05, 0) is 39.0 Å². The molecule has 4 rings (SSSR count). The lowest BCUT2D eigenvalue weighted by atomic mass is 10.2. The second-order valence-corrected chi connectivity index (χ2v) is 12.0. The Bertz CT molecular complexity index is 1600. The minimum absolute atomic E-state index is 0.160. The van der Waals surface area contributed by atoms with Crippen LogP contribution in [0, 0.1) is 5.82 Å². The van der Waals surface area contributed by atoms with Crippen molar-refractivity contribution in [1.82, 2.24) is 19.7 Å². The molecule has 0 atom stereocenters. The van der Waals surface area contributed by atoms with Crippen molar-refractivity contribution in [1.29, 1.82) is 0 Å². The van der Waals surface area contributed by atoms with Crippen LogP contribution in [-0.2, 0) is 21.8 Å². The molecule has 0 aliphatic rings. The van der Waals surface area contributed by atoms with Crippen LogP contribution in [-0.4, -0.2) is 39.9 Å². The lowest BCUT2D eigenvalue weighted by Crippen LogP contribution is -2.41. The third kappa shape index (κ3) is 5.75. The van der Waals surface area contributed by atoms with Gasteiger partial charge in [0.2, 0.25) is 0 Å². The Labute approximate surface area is 231 Å². The summed E-state index contributed by atoms with van der Waals surface area (Å²) in [5.41, 5.74) is 1.39. The molecule has 0 radical (unpaired) electrons. The Kier molecular flexibility index (Phi) is 7.66. The number of hydrogen-bond donors (Lipinski definition) is 0. The fourth-order valence-corrected chi connectivity index (χ4v) is 5.62. The number of aryl methyl sites for hydroxylation is 1. The molecular weight excluding hydrogens is 580 g/mol. The smallest absolute Gasteiger partial charge is 0.430 e. The quantitative estimate of drug-likeness (QED) is 0.237. The van der Waals surface area contributed by atoms with Gasteiger partial charge in [0.15, 0.2) is 11.6 Å². The zero-order valence-electron chi connectivity index (χ0n) is 20.3. The second-order valence-electron chi connectivity index (χ2n) is 8.75. The fraction of sp³-hybridized carbons (Fsp3) is 0.217. The molecule has 0 bridgehead atoms. The standard InChI is InChI=1S/C23H20Cl2FN5O5S2/c1-23(2,3)36-22(32)31(21-11-37-12-28-21)38(33,34)19-8-14(24)17(9-15(19)26)35-18-10-27-20(25)7-13(18)16-5-6-29-30(16)4/h5-12H,1-4H3. The number of halogens is 3. The monoisotopic (exact) mass is 599 g/mol. The van der Waals surface area contributed by atoms with E-state index in [4.69, 9.17) is 32.7 Å². The molecule has 200 valence electrons. The summed E-state index contributed by atoms with van der Waals surface area (Å²) >= 11 is 13.4. The number of thiazole rings is 1. The maximum Gasteiger partial charge on any atom is 0.430 e. The molecule has 1 aromatic carbocycles. The van der Waals surface area contributed by atoms with Crippen molar-refractivity contribution in [3.05, 3.63) is 63.5 Å². The maximum atomic E-state index is 15.4. The van der Waals surface area contributed by atoms with E-state index in [1.807, 2.05) is 0 Å². The van der Waals surface area contributed by atoms with E-state index in [-0.39, 0.29) is 31.8 Å². The molecule has 3 heterocycles. The van der Waals surface area contributed by atoms with Crippen LogP contribution in [0.1, 0.15) is 20.8 Å². The van der Waals surface area contributed by atoms with Crippen molar-refractivity contribution >= 4 is 56.5 Å². The van der Waals surface area contributed by atoms with E-state index in [1.165, 1.54) is 23.2 Å². The van der Waals surface area contributed by atoms with Crippen molar-refractivity contribution in [3.63, 3.8) is 0 Å². The van der Waals surface area contributed by atoms with Crippen molar-refractivity contribution < 1.29 is 27.1 Å². The van der Waals surface area contributed by atoms with E-state index >= 15 is 4.39 Å². The molecule has 4 aromatic rings. The number of carbonyl (C=O) groups excluding carboxylic acids is 1. The molecular formula is C23H20Cl2FN5O5S2. The highest BCUT2D eigenvalue weighted by atomic mass is 35.5. The number of rotatable bonds is 6. The van der Waals surface area contributed by atoms with Gasteiger partial charge in [0.05, 0.1) is 22.4 Å². The van der Waals surface area contributed by atoms with E-state index in [9.17, 15) is 13.2 Å². The summed E-state index contributed by atoms with van der Waals surface area (Å²) in [4.78, 5) is 19.9. The minimum atomic E-state index is -4.85. The van der Waals surface area contributed by atoms with Crippen LogP contribution in [0.4, 0.5) is 15.0 Å². The molecule has 0 fully saturated rings. The molecule has 0 aliphatic heterocycles. The molecule has 1 amide bonds. The predicted octanol–water partition coefficient (Wildman–Crippen LogP) is 6.31. The molecule has 38 heavy (non-hydrogen) atoms. The lowest BCUT2D eigenvalue weighted by Gasteiger charge is -2.26. The SMILES string of the molecule is Cn1nccc1-c1cc(Cl)ncc1Oc1cc(F)c(S(=O)(=O)N(C(=O)OC(C)(C)C)c2cscn2)cc1Cl. The molecule has 3 aromatic heterocycles. The number of ether oxygens (including phenoxy) is 2. The second kappa shape index (κ2) is 10.5. The Balaban J connectivity index is 1.75. The highest BCUT2D eigenvalue weighted by molar-refractivity contribution is 7.93. The van der Waals surface area contributed by atoms with Gasteiger partial charge >= 0.3 is 6.09 Å². The number of sulfonamides is 1. The van der Waals surface area contributed by atoms with Gasteiger partial charge in [-0.2, -0.15) is 5.10 Å². The summed E-state index contributed by atoms with van der Waals surface area (Å²) < 4.78 is 55.3. The third-order valence-electron chi connectivity index (χ3n) is 4.84. The van der Waals surface area contributed by atoms with Gasteiger partial charge in [-0.25, -0.2) is 27.6 Å². The first kappa shape index (κ1) is 27.8. The molecule has 10 nitrogen and oxygen atoms in total. The first-order valence-electron chi connectivity index (χ1n) is 10.8. The fourth-order valence-electron chi connectivity index (χ4n) is 3.26. The summed E-state index contributed by atoms with van der Waals surface area (Å²) in [7, 11) is -3.14. The summed E-state index contributed by atoms with van der Waals surface area (Å²) in [6.45, 7) is 4.68. The first-order valence-corrected chi connectivity index (χ1v) is 13.9. The Morgan fingerprint density at radius 1 is 1.16 bits per heavy atom. The van der Waals surface area contributed by atoms with Gasteiger partial charge in [0.25, 0.3) is 10.0 Å². The molecule has 0 saturated heterocycles. The summed E-state index contributed by atoms with van der Waals surface area (Å²) in [5.74, 6) is -1.52.